The van der Waals surface area contributed by atoms with Gasteiger partial charge in [0.15, 0.2) is 0 Å². The fourth-order valence-corrected chi connectivity index (χ4v) is 4.67. The summed E-state index contributed by atoms with van der Waals surface area (Å²) in [5.41, 5.74) is 12.4. The molecule has 0 radical (unpaired) electrons. The standard InChI is InChI=1S/C20H20FN3.C9H15N/c1-20(8-9-20)17-12-16(13-3-5-15(21)6-4-13)19(24-17)14-7-10-23-18(11-14)22-2;1-8-3-2-4-9(7-8)5-6-10/h3-7,10-11H,8-9,12H2,1-2H3,(H,22,23);5-6,9H,1-4,7,10H2/b;6-5+. The van der Waals surface area contributed by atoms with Crippen LogP contribution < -0.4 is 11.1 Å². The number of anilines is 1. The Morgan fingerprint density at radius 1 is 1.18 bits per heavy atom. The van der Waals surface area contributed by atoms with Crippen LogP contribution in [0.2, 0.25) is 0 Å². The van der Waals surface area contributed by atoms with Gasteiger partial charge in [-0.3, -0.25) is 4.99 Å². The highest BCUT2D eigenvalue weighted by atomic mass is 19.1. The van der Waals surface area contributed by atoms with Gasteiger partial charge in [-0.1, -0.05) is 37.3 Å². The van der Waals surface area contributed by atoms with E-state index in [2.05, 4.69) is 29.9 Å². The fraction of sp³-hybridized carbons (Fsp3) is 0.379. The third-order valence-corrected chi connectivity index (χ3v) is 7.10. The van der Waals surface area contributed by atoms with E-state index >= 15 is 0 Å². The zero-order valence-electron chi connectivity index (χ0n) is 20.3. The summed E-state index contributed by atoms with van der Waals surface area (Å²) in [6, 6.07) is 10.7. The first kappa shape index (κ1) is 23.9. The van der Waals surface area contributed by atoms with Crippen molar-refractivity contribution >= 4 is 22.8 Å². The molecule has 0 bridgehead atoms. The van der Waals surface area contributed by atoms with Gasteiger partial charge in [0, 0.05) is 36.4 Å². The molecule has 1 aliphatic heterocycles. The summed E-state index contributed by atoms with van der Waals surface area (Å²) < 4.78 is 13.3. The first-order valence-electron chi connectivity index (χ1n) is 12.2. The van der Waals surface area contributed by atoms with E-state index in [9.17, 15) is 4.39 Å². The highest BCUT2D eigenvalue weighted by Gasteiger charge is 2.44. The van der Waals surface area contributed by atoms with Crippen LogP contribution in [-0.4, -0.2) is 17.7 Å². The highest BCUT2D eigenvalue weighted by Crippen LogP contribution is 2.52. The van der Waals surface area contributed by atoms with Gasteiger partial charge in [-0.15, -0.1) is 0 Å². The number of allylic oxidation sites excluding steroid dienone is 3. The first-order valence-corrected chi connectivity index (χ1v) is 12.2. The predicted octanol–water partition coefficient (Wildman–Crippen LogP) is 6.98. The molecule has 2 aromatic rings. The second-order valence-corrected chi connectivity index (χ2v) is 9.80. The summed E-state index contributed by atoms with van der Waals surface area (Å²) in [6.07, 6.45) is 13.7. The maximum Gasteiger partial charge on any atom is 0.126 e. The second-order valence-electron chi connectivity index (χ2n) is 9.80. The molecule has 2 aliphatic carbocycles. The summed E-state index contributed by atoms with van der Waals surface area (Å²) in [5, 5.41) is 3.07. The Balaban J connectivity index is 0.000000231. The minimum atomic E-state index is -0.212. The molecule has 2 fully saturated rings. The first-order chi connectivity index (χ1) is 16.4. The molecule has 4 nitrogen and oxygen atoms in total. The number of rotatable bonds is 5. The van der Waals surface area contributed by atoms with Crippen LogP contribution in [0.15, 0.2) is 72.0 Å². The molecule has 0 saturated heterocycles. The normalized spacial score (nSPS) is 21.2. The molecule has 1 aromatic heterocycles. The Morgan fingerprint density at radius 3 is 2.59 bits per heavy atom. The molecule has 0 spiro atoms. The topological polar surface area (TPSA) is 63.3 Å². The van der Waals surface area contributed by atoms with Crippen LogP contribution in [-0.2, 0) is 0 Å². The summed E-state index contributed by atoms with van der Waals surface area (Å²) >= 11 is 0. The molecule has 5 heteroatoms. The molecule has 34 heavy (non-hydrogen) atoms. The van der Waals surface area contributed by atoms with E-state index < -0.39 is 0 Å². The quantitative estimate of drug-likeness (QED) is 0.475. The van der Waals surface area contributed by atoms with Crippen LogP contribution in [0.25, 0.3) is 11.3 Å². The van der Waals surface area contributed by atoms with Crippen molar-refractivity contribution < 1.29 is 4.39 Å². The lowest BCUT2D eigenvalue weighted by atomic mass is 9.86. The van der Waals surface area contributed by atoms with E-state index in [1.165, 1.54) is 61.1 Å². The van der Waals surface area contributed by atoms with Crippen molar-refractivity contribution in [2.24, 2.45) is 22.1 Å². The summed E-state index contributed by atoms with van der Waals surface area (Å²) in [7, 11) is 1.86. The van der Waals surface area contributed by atoms with Crippen LogP contribution in [0.5, 0.6) is 0 Å². The van der Waals surface area contributed by atoms with Crippen LogP contribution >= 0.6 is 0 Å². The number of hydrogen-bond acceptors (Lipinski definition) is 4. The van der Waals surface area contributed by atoms with E-state index in [1.807, 2.05) is 31.3 Å². The molecule has 2 saturated carbocycles. The Hall–Kier alpha value is -3.21. The van der Waals surface area contributed by atoms with Gasteiger partial charge >= 0.3 is 0 Å². The minimum absolute atomic E-state index is 0.212. The molecule has 2 heterocycles. The summed E-state index contributed by atoms with van der Waals surface area (Å²) in [6.45, 7) is 6.25. The van der Waals surface area contributed by atoms with E-state index in [-0.39, 0.29) is 11.2 Å². The number of nitrogens with zero attached hydrogens (tertiary/aromatic N) is 2. The Labute approximate surface area is 202 Å². The molecule has 0 amide bonds. The molecule has 1 atom stereocenters. The second kappa shape index (κ2) is 10.4. The molecule has 1 aromatic carbocycles. The van der Waals surface area contributed by atoms with E-state index in [1.54, 1.807) is 12.4 Å². The van der Waals surface area contributed by atoms with Crippen molar-refractivity contribution in [1.82, 2.24) is 4.98 Å². The maximum atomic E-state index is 13.3. The molecule has 1 unspecified atom stereocenters. The van der Waals surface area contributed by atoms with Gasteiger partial charge in [-0.2, -0.15) is 0 Å². The highest BCUT2D eigenvalue weighted by molar-refractivity contribution is 6.12. The number of aliphatic imine (C=N–C) groups is 1. The predicted molar refractivity (Wildman–Crippen MR) is 141 cm³/mol. The smallest absolute Gasteiger partial charge is 0.126 e. The average molecular weight is 459 g/mol. The third-order valence-electron chi connectivity index (χ3n) is 7.10. The van der Waals surface area contributed by atoms with Crippen LogP contribution in [0.4, 0.5) is 10.2 Å². The monoisotopic (exact) mass is 458 g/mol. The zero-order valence-corrected chi connectivity index (χ0v) is 20.3. The number of aromatic nitrogens is 1. The van der Waals surface area contributed by atoms with E-state index in [0.29, 0.717) is 5.92 Å². The molecular weight excluding hydrogens is 423 g/mol. The van der Waals surface area contributed by atoms with Crippen LogP contribution in [0, 0.1) is 17.2 Å². The number of hydrogen-bond donors (Lipinski definition) is 2. The lowest BCUT2D eigenvalue weighted by molar-refractivity contribution is 0.496. The molecule has 3 N–H and O–H groups in total. The van der Waals surface area contributed by atoms with Gasteiger partial charge in [0.1, 0.15) is 11.6 Å². The molecule has 178 valence electrons. The van der Waals surface area contributed by atoms with Gasteiger partial charge in [0.05, 0.1) is 5.70 Å². The molecular formula is C29H35FN4. The lowest BCUT2D eigenvalue weighted by Gasteiger charge is -2.19. The summed E-state index contributed by atoms with van der Waals surface area (Å²) in [4.78, 5) is 9.28. The van der Waals surface area contributed by atoms with Crippen molar-refractivity contribution in [2.45, 2.75) is 51.9 Å². The number of pyridine rings is 1. The van der Waals surface area contributed by atoms with E-state index in [0.717, 1.165) is 35.5 Å². The van der Waals surface area contributed by atoms with Crippen LogP contribution in [0.1, 0.15) is 63.0 Å². The number of halogens is 1. The number of nitrogens with one attached hydrogen (secondary N) is 1. The SMILES string of the molecule is C=C1CCCC(/C=C/N)C1.CNc1cc(C2=C(c3ccc(F)cc3)CC(C3(C)CC3)=N2)ccn1. The Kier molecular flexibility index (Phi) is 7.30. The molecule has 5 rings (SSSR count). The maximum absolute atomic E-state index is 13.3. The van der Waals surface area contributed by atoms with Crippen molar-refractivity contribution in [1.29, 1.82) is 0 Å². The van der Waals surface area contributed by atoms with Gasteiger partial charge in [-0.25, -0.2) is 9.37 Å². The van der Waals surface area contributed by atoms with Crippen molar-refractivity contribution in [3.63, 3.8) is 0 Å². The number of nitrogens with two attached hydrogens (primary N) is 1. The lowest BCUT2D eigenvalue weighted by Crippen LogP contribution is -2.09. The average Bonchev–Trinajstić information content (AvgIpc) is 3.43. The molecule has 3 aliphatic rings. The van der Waals surface area contributed by atoms with Crippen LogP contribution in [0.3, 0.4) is 0 Å². The van der Waals surface area contributed by atoms with Gasteiger partial charge < -0.3 is 11.1 Å². The number of benzene rings is 1. The Morgan fingerprint density at radius 2 is 1.94 bits per heavy atom. The van der Waals surface area contributed by atoms with Gasteiger partial charge in [0.25, 0.3) is 0 Å². The summed E-state index contributed by atoms with van der Waals surface area (Å²) in [5.74, 6) is 1.28. The third kappa shape index (κ3) is 5.64. The fourth-order valence-electron chi connectivity index (χ4n) is 4.67. The Bertz CT molecular complexity index is 1120. The van der Waals surface area contributed by atoms with Crippen molar-refractivity contribution in [3.8, 4) is 0 Å². The van der Waals surface area contributed by atoms with Gasteiger partial charge in [-0.05, 0) is 86.0 Å². The van der Waals surface area contributed by atoms with Crippen molar-refractivity contribution in [3.05, 3.63) is 84.0 Å². The van der Waals surface area contributed by atoms with Gasteiger partial charge in [0.2, 0.25) is 0 Å². The largest absolute Gasteiger partial charge is 0.405 e. The minimum Gasteiger partial charge on any atom is -0.405 e. The zero-order chi connectivity index (χ0) is 24.1. The van der Waals surface area contributed by atoms with Crippen molar-refractivity contribution in [2.75, 3.05) is 12.4 Å². The van der Waals surface area contributed by atoms with E-state index in [4.69, 9.17) is 10.7 Å².